The number of likely N-dealkylation sites (N-methyl/N-ethyl adjacent to an activating group) is 1. The summed E-state index contributed by atoms with van der Waals surface area (Å²) in [7, 11) is 5.68. The molecule has 0 aliphatic rings. The van der Waals surface area contributed by atoms with Gasteiger partial charge in [-0.1, -0.05) is 30.3 Å². The van der Waals surface area contributed by atoms with Crippen molar-refractivity contribution in [2.24, 2.45) is 0 Å². The number of aryl methyl sites for hydroxylation is 1. The highest BCUT2D eigenvalue weighted by atomic mass is 16.5. The second-order valence-corrected chi connectivity index (χ2v) is 8.19. The van der Waals surface area contributed by atoms with Crippen LogP contribution in [0.3, 0.4) is 0 Å². The van der Waals surface area contributed by atoms with Crippen molar-refractivity contribution in [2.45, 2.75) is 39.3 Å². The zero-order chi connectivity index (χ0) is 23.0. The van der Waals surface area contributed by atoms with Crippen LogP contribution < -0.4 is 5.32 Å². The fourth-order valence-electron chi connectivity index (χ4n) is 3.88. The number of carbonyl (C=O) groups is 1. The van der Waals surface area contributed by atoms with E-state index in [0.717, 1.165) is 23.4 Å². The maximum absolute atomic E-state index is 12.8. The van der Waals surface area contributed by atoms with Gasteiger partial charge in [0.1, 0.15) is 11.6 Å². The number of carbonyl (C=O) groups excluding carboxylic acids is 1. The van der Waals surface area contributed by atoms with E-state index in [-0.39, 0.29) is 23.6 Å². The summed E-state index contributed by atoms with van der Waals surface area (Å²) in [5.74, 6) is -0.350. The van der Waals surface area contributed by atoms with Gasteiger partial charge in [-0.3, -0.25) is 4.79 Å². The summed E-state index contributed by atoms with van der Waals surface area (Å²) in [6.07, 6.45) is 2.49. The maximum Gasteiger partial charge on any atom is 0.262 e. The van der Waals surface area contributed by atoms with Gasteiger partial charge in [0.15, 0.2) is 0 Å². The molecule has 1 amide bonds. The fourth-order valence-corrected chi connectivity index (χ4v) is 3.88. The molecule has 2 rings (SSSR count). The monoisotopic (exact) mass is 422 g/mol. The minimum absolute atomic E-state index is 0.108. The second kappa shape index (κ2) is 11.5. The van der Waals surface area contributed by atoms with Crippen molar-refractivity contribution in [2.75, 3.05) is 34.4 Å². The van der Waals surface area contributed by atoms with Crippen LogP contribution in [-0.4, -0.2) is 55.8 Å². The van der Waals surface area contributed by atoms with Gasteiger partial charge >= 0.3 is 0 Å². The molecule has 0 radical (unpaired) electrons. The SMILES string of the molecule is COCC(C)n1c(C)cc(/C=C(/C#N)C(=O)NCC(Cc2ccccc2)N(C)C)c1C. The van der Waals surface area contributed by atoms with Gasteiger partial charge in [-0.05, 0) is 64.6 Å². The number of amides is 1. The first-order chi connectivity index (χ1) is 14.8. The fraction of sp³-hybridized carbons (Fsp3) is 0.440. The van der Waals surface area contributed by atoms with Gasteiger partial charge in [0.05, 0.1) is 12.6 Å². The molecule has 0 saturated carbocycles. The first-order valence-electron chi connectivity index (χ1n) is 10.6. The van der Waals surface area contributed by atoms with E-state index in [1.807, 2.05) is 52.2 Å². The number of nitrogens with zero attached hydrogens (tertiary/aromatic N) is 3. The van der Waals surface area contributed by atoms with Crippen LogP contribution in [0.15, 0.2) is 42.0 Å². The number of rotatable bonds is 10. The Balaban J connectivity index is 2.13. The van der Waals surface area contributed by atoms with Crippen molar-refractivity contribution in [3.8, 4) is 6.07 Å². The third-order valence-electron chi connectivity index (χ3n) is 5.58. The molecular weight excluding hydrogens is 388 g/mol. The summed E-state index contributed by atoms with van der Waals surface area (Å²) in [6, 6.07) is 14.6. The highest BCUT2D eigenvalue weighted by Gasteiger charge is 2.18. The Morgan fingerprint density at radius 1 is 1.29 bits per heavy atom. The number of hydrogen-bond donors (Lipinski definition) is 1. The lowest BCUT2D eigenvalue weighted by molar-refractivity contribution is -0.117. The van der Waals surface area contributed by atoms with Crippen molar-refractivity contribution in [3.63, 3.8) is 0 Å². The predicted octanol–water partition coefficient (Wildman–Crippen LogP) is 3.51. The topological polar surface area (TPSA) is 70.3 Å². The molecule has 0 saturated heterocycles. The molecule has 1 N–H and O–H groups in total. The third kappa shape index (κ3) is 6.55. The Morgan fingerprint density at radius 2 is 1.97 bits per heavy atom. The smallest absolute Gasteiger partial charge is 0.262 e. The Morgan fingerprint density at radius 3 is 2.55 bits per heavy atom. The van der Waals surface area contributed by atoms with Crippen LogP contribution in [0.1, 0.15) is 35.5 Å². The van der Waals surface area contributed by atoms with Gasteiger partial charge in [0, 0.05) is 31.1 Å². The van der Waals surface area contributed by atoms with Crippen LogP contribution in [0.4, 0.5) is 0 Å². The van der Waals surface area contributed by atoms with E-state index in [2.05, 4.69) is 39.9 Å². The van der Waals surface area contributed by atoms with Crippen LogP contribution in [0.25, 0.3) is 6.08 Å². The number of hydrogen-bond acceptors (Lipinski definition) is 4. The average Bonchev–Trinajstić information content (AvgIpc) is 3.02. The summed E-state index contributed by atoms with van der Waals surface area (Å²) >= 11 is 0. The molecule has 166 valence electrons. The molecule has 1 aromatic heterocycles. The van der Waals surface area contributed by atoms with E-state index in [9.17, 15) is 10.1 Å². The number of benzene rings is 1. The number of nitriles is 1. The summed E-state index contributed by atoms with van der Waals surface area (Å²) in [6.45, 7) is 7.17. The molecule has 0 fully saturated rings. The number of aromatic nitrogens is 1. The molecule has 0 aliphatic heterocycles. The number of ether oxygens (including phenoxy) is 1. The summed E-state index contributed by atoms with van der Waals surface area (Å²) in [5.41, 5.74) is 4.28. The minimum atomic E-state index is -0.350. The molecule has 0 bridgehead atoms. The van der Waals surface area contributed by atoms with Gasteiger partial charge in [-0.15, -0.1) is 0 Å². The maximum atomic E-state index is 12.8. The van der Waals surface area contributed by atoms with E-state index in [1.54, 1.807) is 13.2 Å². The van der Waals surface area contributed by atoms with Gasteiger partial charge in [0.2, 0.25) is 0 Å². The van der Waals surface area contributed by atoms with Crippen molar-refractivity contribution in [3.05, 3.63) is 64.5 Å². The van der Waals surface area contributed by atoms with Crippen LogP contribution in [0, 0.1) is 25.2 Å². The normalized spacial score (nSPS) is 13.7. The zero-order valence-corrected chi connectivity index (χ0v) is 19.5. The van der Waals surface area contributed by atoms with E-state index in [0.29, 0.717) is 13.2 Å². The molecule has 6 nitrogen and oxygen atoms in total. The lowest BCUT2D eigenvalue weighted by Crippen LogP contribution is -2.41. The lowest BCUT2D eigenvalue weighted by atomic mass is 10.0. The van der Waals surface area contributed by atoms with E-state index >= 15 is 0 Å². The van der Waals surface area contributed by atoms with Crippen LogP contribution in [-0.2, 0) is 16.0 Å². The van der Waals surface area contributed by atoms with Crippen molar-refractivity contribution < 1.29 is 9.53 Å². The number of nitrogens with one attached hydrogen (secondary N) is 1. The number of methoxy groups -OCH3 is 1. The molecule has 1 aromatic carbocycles. The van der Waals surface area contributed by atoms with Gasteiger partial charge in [-0.25, -0.2) is 0 Å². The van der Waals surface area contributed by atoms with Gasteiger partial charge in [0.25, 0.3) is 5.91 Å². The molecule has 2 atom stereocenters. The molecule has 31 heavy (non-hydrogen) atoms. The van der Waals surface area contributed by atoms with Crippen LogP contribution in [0.5, 0.6) is 0 Å². The molecule has 6 heteroatoms. The summed E-state index contributed by atoms with van der Waals surface area (Å²) in [4.78, 5) is 14.8. The standard InChI is InChI=1S/C25H34N4O2/c1-18-12-22(20(3)29(18)19(2)17-31-6)14-23(15-26)25(30)27-16-24(28(4)5)13-21-10-8-7-9-11-21/h7-12,14,19,24H,13,16-17H2,1-6H3,(H,27,30)/b23-14-. The third-order valence-corrected chi connectivity index (χ3v) is 5.58. The van der Waals surface area contributed by atoms with E-state index in [4.69, 9.17) is 4.74 Å². The van der Waals surface area contributed by atoms with Crippen LogP contribution in [0.2, 0.25) is 0 Å². The summed E-state index contributed by atoms with van der Waals surface area (Å²) in [5, 5.41) is 12.6. The Kier molecular flexibility index (Phi) is 9.04. The van der Waals surface area contributed by atoms with Crippen molar-refractivity contribution >= 4 is 12.0 Å². The Bertz CT molecular complexity index is 938. The minimum Gasteiger partial charge on any atom is -0.383 e. The zero-order valence-electron chi connectivity index (χ0n) is 19.5. The van der Waals surface area contributed by atoms with Crippen LogP contribution >= 0.6 is 0 Å². The first kappa shape index (κ1) is 24.4. The molecule has 1 heterocycles. The molecular formula is C25H34N4O2. The molecule has 2 unspecified atom stereocenters. The highest BCUT2D eigenvalue weighted by molar-refractivity contribution is 6.01. The first-order valence-corrected chi connectivity index (χ1v) is 10.6. The molecule has 2 aromatic rings. The van der Waals surface area contributed by atoms with Gasteiger partial charge < -0.3 is 19.5 Å². The highest BCUT2D eigenvalue weighted by Crippen LogP contribution is 2.22. The quantitative estimate of drug-likeness (QED) is 0.470. The average molecular weight is 423 g/mol. The molecule has 0 aliphatic carbocycles. The largest absolute Gasteiger partial charge is 0.383 e. The van der Waals surface area contributed by atoms with Gasteiger partial charge in [-0.2, -0.15) is 5.26 Å². The van der Waals surface area contributed by atoms with Crippen molar-refractivity contribution in [1.82, 2.24) is 14.8 Å². The predicted molar refractivity (Wildman–Crippen MR) is 125 cm³/mol. The lowest BCUT2D eigenvalue weighted by Gasteiger charge is -2.24. The Labute approximate surface area is 186 Å². The summed E-state index contributed by atoms with van der Waals surface area (Å²) < 4.78 is 7.45. The second-order valence-electron chi connectivity index (χ2n) is 8.19. The molecule has 0 spiro atoms. The van der Waals surface area contributed by atoms with E-state index < -0.39 is 0 Å². The van der Waals surface area contributed by atoms with Crippen molar-refractivity contribution in [1.29, 1.82) is 5.26 Å². The Hall–Kier alpha value is -2.88. The van der Waals surface area contributed by atoms with E-state index in [1.165, 1.54) is 5.56 Å².